The topological polar surface area (TPSA) is 62.3 Å². The van der Waals surface area contributed by atoms with Crippen molar-refractivity contribution in [3.8, 4) is 0 Å². The first-order chi connectivity index (χ1) is 10.7. The number of likely N-dealkylation sites (tertiary alicyclic amines) is 1. The summed E-state index contributed by atoms with van der Waals surface area (Å²) in [6.07, 6.45) is 4.84. The van der Waals surface area contributed by atoms with Gasteiger partial charge in [-0.3, -0.25) is 14.6 Å². The summed E-state index contributed by atoms with van der Waals surface area (Å²) in [7, 11) is 0. The molecule has 112 valence electrons. The first-order valence-corrected chi connectivity index (χ1v) is 7.30. The van der Waals surface area contributed by atoms with Crippen LogP contribution < -0.4 is 5.32 Å². The number of hydrogen-bond donors (Lipinski definition) is 1. The molecule has 1 aliphatic heterocycles. The lowest BCUT2D eigenvalue weighted by atomic mass is 10.1. The van der Waals surface area contributed by atoms with Crippen molar-refractivity contribution in [2.24, 2.45) is 0 Å². The van der Waals surface area contributed by atoms with Crippen molar-refractivity contribution in [2.45, 2.75) is 19.4 Å². The van der Waals surface area contributed by atoms with Gasteiger partial charge in [0.1, 0.15) is 0 Å². The first-order valence-electron chi connectivity index (χ1n) is 7.30. The molecule has 0 saturated carbocycles. The molecule has 2 heterocycles. The maximum absolute atomic E-state index is 12.1. The van der Waals surface area contributed by atoms with Crippen LogP contribution in [-0.2, 0) is 11.3 Å². The van der Waals surface area contributed by atoms with Crippen molar-refractivity contribution in [3.63, 3.8) is 0 Å². The monoisotopic (exact) mass is 295 g/mol. The molecule has 0 radical (unpaired) electrons. The van der Waals surface area contributed by atoms with E-state index < -0.39 is 0 Å². The molecular formula is C17H17N3O2. The minimum absolute atomic E-state index is 0.157. The Balaban J connectivity index is 1.63. The lowest BCUT2D eigenvalue weighted by Gasteiger charge is -2.15. The average Bonchev–Trinajstić information content (AvgIpc) is 2.94. The molecule has 0 unspecified atom stereocenters. The molecule has 1 aromatic heterocycles. The number of carbonyl (C=O) groups is 2. The standard InChI is InChI=1S/C17H17N3O2/c21-16-2-1-11-20(16)12-13-3-5-14(6-4-13)17(22)19-15-7-9-18-10-8-15/h3-10H,1-2,11-12H2,(H,18,19,22). The summed E-state index contributed by atoms with van der Waals surface area (Å²) in [4.78, 5) is 29.5. The third kappa shape index (κ3) is 3.31. The lowest BCUT2D eigenvalue weighted by Crippen LogP contribution is -2.23. The van der Waals surface area contributed by atoms with Crippen molar-refractivity contribution in [1.82, 2.24) is 9.88 Å². The van der Waals surface area contributed by atoms with Crippen LogP contribution in [0.3, 0.4) is 0 Å². The molecule has 2 amide bonds. The highest BCUT2D eigenvalue weighted by atomic mass is 16.2. The van der Waals surface area contributed by atoms with Crippen LogP contribution in [-0.4, -0.2) is 28.2 Å². The van der Waals surface area contributed by atoms with Crippen molar-refractivity contribution >= 4 is 17.5 Å². The Morgan fingerprint density at radius 1 is 1.14 bits per heavy atom. The molecule has 1 fully saturated rings. The molecule has 1 aromatic carbocycles. The number of hydrogen-bond acceptors (Lipinski definition) is 3. The number of anilines is 1. The van der Waals surface area contributed by atoms with Crippen molar-refractivity contribution in [1.29, 1.82) is 0 Å². The van der Waals surface area contributed by atoms with Crippen LogP contribution >= 0.6 is 0 Å². The van der Waals surface area contributed by atoms with Crippen molar-refractivity contribution in [2.75, 3.05) is 11.9 Å². The van der Waals surface area contributed by atoms with Gasteiger partial charge in [0.2, 0.25) is 5.91 Å². The first kappa shape index (κ1) is 14.3. The molecule has 2 aromatic rings. The van der Waals surface area contributed by atoms with Crippen molar-refractivity contribution in [3.05, 3.63) is 59.9 Å². The summed E-state index contributed by atoms with van der Waals surface area (Å²) in [6, 6.07) is 10.8. The van der Waals surface area contributed by atoms with Gasteiger partial charge in [-0.25, -0.2) is 0 Å². The normalized spacial score (nSPS) is 14.2. The highest BCUT2D eigenvalue weighted by molar-refractivity contribution is 6.04. The van der Waals surface area contributed by atoms with Gasteiger partial charge >= 0.3 is 0 Å². The van der Waals surface area contributed by atoms with E-state index in [4.69, 9.17) is 0 Å². The lowest BCUT2D eigenvalue weighted by molar-refractivity contribution is -0.128. The smallest absolute Gasteiger partial charge is 0.255 e. The molecule has 0 spiro atoms. The summed E-state index contributed by atoms with van der Waals surface area (Å²) >= 11 is 0. The zero-order chi connectivity index (χ0) is 15.4. The van der Waals surface area contributed by atoms with Gasteiger partial charge in [0.25, 0.3) is 5.91 Å². The van der Waals surface area contributed by atoms with E-state index in [0.717, 1.165) is 18.5 Å². The Hall–Kier alpha value is -2.69. The number of pyridine rings is 1. The second kappa shape index (κ2) is 6.39. The molecular weight excluding hydrogens is 278 g/mol. The number of nitrogens with zero attached hydrogens (tertiary/aromatic N) is 2. The summed E-state index contributed by atoms with van der Waals surface area (Å²) in [5.74, 6) is 0.0505. The minimum Gasteiger partial charge on any atom is -0.338 e. The van der Waals surface area contributed by atoms with Gasteiger partial charge in [-0.15, -0.1) is 0 Å². The van der Waals surface area contributed by atoms with Crippen LogP contribution in [0.2, 0.25) is 0 Å². The zero-order valence-electron chi connectivity index (χ0n) is 12.2. The summed E-state index contributed by atoms with van der Waals surface area (Å²) < 4.78 is 0. The Labute approximate surface area is 129 Å². The number of rotatable bonds is 4. The third-order valence-corrected chi connectivity index (χ3v) is 3.70. The fourth-order valence-corrected chi connectivity index (χ4v) is 2.49. The number of benzene rings is 1. The van der Waals surface area contributed by atoms with E-state index in [-0.39, 0.29) is 11.8 Å². The SMILES string of the molecule is O=C(Nc1ccncc1)c1ccc(CN2CCCC2=O)cc1. The second-order valence-electron chi connectivity index (χ2n) is 5.31. The molecule has 5 heteroatoms. The van der Waals surface area contributed by atoms with E-state index in [9.17, 15) is 9.59 Å². The van der Waals surface area contributed by atoms with Gasteiger partial charge < -0.3 is 10.2 Å². The van der Waals surface area contributed by atoms with Gasteiger partial charge in [0, 0.05) is 43.2 Å². The van der Waals surface area contributed by atoms with Crippen LogP contribution in [0.25, 0.3) is 0 Å². The second-order valence-corrected chi connectivity index (χ2v) is 5.31. The number of aromatic nitrogens is 1. The van der Waals surface area contributed by atoms with Crippen LogP contribution in [0.5, 0.6) is 0 Å². The van der Waals surface area contributed by atoms with E-state index in [1.165, 1.54) is 0 Å². The van der Waals surface area contributed by atoms with Crippen LogP contribution in [0, 0.1) is 0 Å². The van der Waals surface area contributed by atoms with E-state index >= 15 is 0 Å². The summed E-state index contributed by atoms with van der Waals surface area (Å²) in [5, 5.41) is 2.81. The van der Waals surface area contributed by atoms with E-state index in [2.05, 4.69) is 10.3 Å². The molecule has 22 heavy (non-hydrogen) atoms. The maximum atomic E-state index is 12.1. The predicted octanol–water partition coefficient (Wildman–Crippen LogP) is 2.46. The zero-order valence-corrected chi connectivity index (χ0v) is 12.2. The molecule has 0 aliphatic carbocycles. The Morgan fingerprint density at radius 3 is 2.50 bits per heavy atom. The highest BCUT2D eigenvalue weighted by Crippen LogP contribution is 2.15. The number of amides is 2. The average molecular weight is 295 g/mol. The predicted molar refractivity (Wildman–Crippen MR) is 83.3 cm³/mol. The summed E-state index contributed by atoms with van der Waals surface area (Å²) in [6.45, 7) is 1.44. The minimum atomic E-state index is -0.157. The summed E-state index contributed by atoms with van der Waals surface area (Å²) in [5.41, 5.74) is 2.34. The van der Waals surface area contributed by atoms with Gasteiger partial charge in [0.15, 0.2) is 0 Å². The highest BCUT2D eigenvalue weighted by Gasteiger charge is 2.19. The molecule has 1 aliphatic rings. The molecule has 5 nitrogen and oxygen atoms in total. The van der Waals surface area contributed by atoms with Crippen molar-refractivity contribution < 1.29 is 9.59 Å². The number of nitrogens with one attached hydrogen (secondary N) is 1. The van der Waals surface area contributed by atoms with Crippen LogP contribution in [0.1, 0.15) is 28.8 Å². The largest absolute Gasteiger partial charge is 0.338 e. The molecule has 0 atom stereocenters. The van der Waals surface area contributed by atoms with Gasteiger partial charge in [-0.05, 0) is 36.2 Å². The van der Waals surface area contributed by atoms with Crippen LogP contribution in [0.15, 0.2) is 48.8 Å². The van der Waals surface area contributed by atoms with E-state index in [0.29, 0.717) is 24.2 Å². The van der Waals surface area contributed by atoms with E-state index in [1.54, 1.807) is 36.7 Å². The quantitative estimate of drug-likeness (QED) is 0.942. The fourth-order valence-electron chi connectivity index (χ4n) is 2.49. The van der Waals surface area contributed by atoms with E-state index in [1.807, 2.05) is 17.0 Å². The molecule has 1 saturated heterocycles. The number of carbonyl (C=O) groups excluding carboxylic acids is 2. The third-order valence-electron chi connectivity index (χ3n) is 3.70. The van der Waals surface area contributed by atoms with Crippen LogP contribution in [0.4, 0.5) is 5.69 Å². The fraction of sp³-hybridized carbons (Fsp3) is 0.235. The van der Waals surface area contributed by atoms with Gasteiger partial charge in [0.05, 0.1) is 0 Å². The molecule has 3 rings (SSSR count). The maximum Gasteiger partial charge on any atom is 0.255 e. The molecule has 1 N–H and O–H groups in total. The van der Waals surface area contributed by atoms with Gasteiger partial charge in [-0.1, -0.05) is 12.1 Å². The Kier molecular flexibility index (Phi) is 4.14. The Bertz CT molecular complexity index is 668. The molecule has 0 bridgehead atoms. The Morgan fingerprint density at radius 2 is 1.86 bits per heavy atom. The van der Waals surface area contributed by atoms with Gasteiger partial charge in [-0.2, -0.15) is 0 Å².